The van der Waals surface area contributed by atoms with Gasteiger partial charge in [0.1, 0.15) is 5.82 Å². The van der Waals surface area contributed by atoms with Gasteiger partial charge in [0.15, 0.2) is 5.69 Å². The minimum absolute atomic E-state index is 0.522. The number of aromatic nitrogens is 6. The van der Waals surface area contributed by atoms with Gasteiger partial charge in [0, 0.05) is 12.5 Å². The Hall–Kier alpha value is -1.76. The van der Waals surface area contributed by atoms with Crippen molar-refractivity contribution >= 4 is 0 Å². The Morgan fingerprint density at radius 2 is 2.16 bits per heavy atom. The highest BCUT2D eigenvalue weighted by Gasteiger charge is 2.20. The number of nitrogens with two attached hydrogens (primary N) is 1. The Bertz CT molecular complexity index is 524. The monoisotopic (exact) mass is 261 g/mol. The largest absolute Gasteiger partial charge is 0.329 e. The molecule has 102 valence electrons. The van der Waals surface area contributed by atoms with Crippen LogP contribution in [0.25, 0.3) is 11.5 Å². The van der Waals surface area contributed by atoms with Gasteiger partial charge in [-0.25, -0.2) is 4.98 Å². The minimum atomic E-state index is 0.522. The van der Waals surface area contributed by atoms with Gasteiger partial charge < -0.3 is 5.73 Å². The number of aromatic amines is 1. The van der Waals surface area contributed by atoms with Crippen molar-refractivity contribution in [2.45, 2.75) is 44.6 Å². The van der Waals surface area contributed by atoms with Crippen LogP contribution in [0.1, 0.15) is 43.8 Å². The van der Waals surface area contributed by atoms with E-state index in [9.17, 15) is 0 Å². The first-order chi connectivity index (χ1) is 9.36. The average molecular weight is 261 g/mol. The normalized spacial score (nSPS) is 16.9. The van der Waals surface area contributed by atoms with Gasteiger partial charge in [-0.2, -0.15) is 5.10 Å². The number of H-pyrrole nitrogens is 1. The van der Waals surface area contributed by atoms with Crippen LogP contribution in [-0.4, -0.2) is 36.7 Å². The first-order valence-electron chi connectivity index (χ1n) is 6.89. The number of nitrogens with one attached hydrogen (secondary N) is 1. The molecule has 2 aromatic heterocycles. The van der Waals surface area contributed by atoms with E-state index >= 15 is 0 Å². The molecule has 1 aliphatic carbocycles. The first-order valence-corrected chi connectivity index (χ1v) is 6.89. The van der Waals surface area contributed by atoms with Crippen LogP contribution in [0.4, 0.5) is 0 Å². The molecule has 7 nitrogen and oxygen atoms in total. The lowest BCUT2D eigenvalue weighted by Crippen LogP contribution is -2.10. The second-order valence-corrected chi connectivity index (χ2v) is 5.03. The van der Waals surface area contributed by atoms with Crippen LogP contribution >= 0.6 is 0 Å². The molecule has 19 heavy (non-hydrogen) atoms. The molecule has 0 atom stereocenters. The lowest BCUT2D eigenvalue weighted by molar-refractivity contribution is 0.429. The molecule has 0 spiro atoms. The first kappa shape index (κ1) is 12.3. The van der Waals surface area contributed by atoms with E-state index in [2.05, 4.69) is 25.5 Å². The second-order valence-electron chi connectivity index (χ2n) is 5.03. The molecule has 1 saturated carbocycles. The highest BCUT2D eigenvalue weighted by atomic mass is 15.4. The molecule has 3 rings (SSSR count). The molecule has 0 radical (unpaired) electrons. The fraction of sp³-hybridized carbons (Fsp3) is 0.667. The van der Waals surface area contributed by atoms with Gasteiger partial charge in [-0.3, -0.25) is 9.78 Å². The van der Waals surface area contributed by atoms with Crippen molar-refractivity contribution in [3.8, 4) is 11.5 Å². The summed E-state index contributed by atoms with van der Waals surface area (Å²) >= 11 is 0. The maximum absolute atomic E-state index is 5.48. The van der Waals surface area contributed by atoms with Crippen molar-refractivity contribution in [2.75, 3.05) is 6.54 Å². The van der Waals surface area contributed by atoms with Crippen molar-refractivity contribution in [1.29, 1.82) is 0 Å². The summed E-state index contributed by atoms with van der Waals surface area (Å²) in [4.78, 5) is 4.56. The number of hydrogen-bond donors (Lipinski definition) is 2. The minimum Gasteiger partial charge on any atom is -0.329 e. The summed E-state index contributed by atoms with van der Waals surface area (Å²) in [5, 5.41) is 15.4. The Labute approximate surface area is 111 Å². The van der Waals surface area contributed by atoms with Gasteiger partial charge in [-0.15, -0.1) is 5.10 Å². The predicted molar refractivity (Wildman–Crippen MR) is 70.3 cm³/mol. The van der Waals surface area contributed by atoms with Gasteiger partial charge >= 0.3 is 0 Å². The average Bonchev–Trinajstić information content (AvgIpc) is 3.08. The maximum Gasteiger partial charge on any atom is 0.203 e. The molecule has 0 amide bonds. The van der Waals surface area contributed by atoms with Gasteiger partial charge in [-0.1, -0.05) is 24.5 Å². The number of rotatable bonds is 4. The third-order valence-electron chi connectivity index (χ3n) is 3.62. The Morgan fingerprint density at radius 3 is 2.95 bits per heavy atom. The Balaban J connectivity index is 1.75. The van der Waals surface area contributed by atoms with E-state index in [-0.39, 0.29) is 0 Å². The van der Waals surface area contributed by atoms with Crippen LogP contribution in [0.3, 0.4) is 0 Å². The zero-order valence-electron chi connectivity index (χ0n) is 10.9. The van der Waals surface area contributed by atoms with Crippen LogP contribution < -0.4 is 5.73 Å². The smallest absolute Gasteiger partial charge is 0.203 e. The number of nitrogens with zero attached hydrogens (tertiary/aromatic N) is 5. The summed E-state index contributed by atoms with van der Waals surface area (Å²) in [6.45, 7) is 1.21. The van der Waals surface area contributed by atoms with E-state index in [1.165, 1.54) is 32.1 Å². The summed E-state index contributed by atoms with van der Waals surface area (Å²) in [6, 6.07) is 0. The van der Waals surface area contributed by atoms with Crippen LogP contribution in [0.2, 0.25) is 0 Å². The summed E-state index contributed by atoms with van der Waals surface area (Å²) in [5.74, 6) is 2.14. The summed E-state index contributed by atoms with van der Waals surface area (Å²) in [7, 11) is 0. The number of hydrogen-bond acceptors (Lipinski definition) is 5. The Morgan fingerprint density at radius 1 is 1.32 bits per heavy atom. The van der Waals surface area contributed by atoms with Crippen LogP contribution in [0.5, 0.6) is 0 Å². The van der Waals surface area contributed by atoms with Crippen molar-refractivity contribution in [3.63, 3.8) is 0 Å². The lowest BCUT2D eigenvalue weighted by Gasteiger charge is -2.18. The van der Waals surface area contributed by atoms with E-state index in [4.69, 9.17) is 5.73 Å². The standard InChI is InChI=1S/C12H19N7/c13-6-7-19-8-10(15-18-19)12-14-11(16-17-12)9-4-2-1-3-5-9/h8-9H,1-7,13H2,(H,14,16,17). The quantitative estimate of drug-likeness (QED) is 0.857. The third kappa shape index (κ3) is 2.65. The molecule has 0 saturated heterocycles. The molecular weight excluding hydrogens is 242 g/mol. The van der Waals surface area contributed by atoms with Crippen molar-refractivity contribution in [3.05, 3.63) is 12.0 Å². The van der Waals surface area contributed by atoms with Crippen molar-refractivity contribution in [1.82, 2.24) is 30.2 Å². The second kappa shape index (κ2) is 5.48. The van der Waals surface area contributed by atoms with Gasteiger partial charge in [0.2, 0.25) is 5.82 Å². The van der Waals surface area contributed by atoms with E-state index in [0.717, 1.165) is 5.82 Å². The summed E-state index contributed by atoms with van der Waals surface area (Å²) in [5.41, 5.74) is 6.18. The molecule has 1 aliphatic rings. The maximum atomic E-state index is 5.48. The van der Waals surface area contributed by atoms with Crippen LogP contribution in [-0.2, 0) is 6.54 Å². The zero-order chi connectivity index (χ0) is 13.1. The molecule has 2 heterocycles. The highest BCUT2D eigenvalue weighted by Crippen LogP contribution is 2.31. The van der Waals surface area contributed by atoms with Gasteiger partial charge in [-0.05, 0) is 12.8 Å². The summed E-state index contributed by atoms with van der Waals surface area (Å²) in [6.07, 6.45) is 8.15. The molecular formula is C12H19N7. The van der Waals surface area contributed by atoms with Gasteiger partial charge in [0.25, 0.3) is 0 Å². The fourth-order valence-corrected chi connectivity index (χ4v) is 2.59. The SMILES string of the molecule is NCCn1cc(-c2n[nH]c(C3CCCCC3)n2)nn1. The highest BCUT2D eigenvalue weighted by molar-refractivity contribution is 5.45. The van der Waals surface area contributed by atoms with E-state index in [1.54, 1.807) is 4.68 Å². The fourth-order valence-electron chi connectivity index (χ4n) is 2.59. The van der Waals surface area contributed by atoms with Gasteiger partial charge in [0.05, 0.1) is 12.7 Å². The lowest BCUT2D eigenvalue weighted by atomic mass is 9.89. The van der Waals surface area contributed by atoms with E-state index in [1.807, 2.05) is 6.20 Å². The molecule has 7 heteroatoms. The molecule has 0 unspecified atom stereocenters. The molecule has 2 aromatic rings. The molecule has 3 N–H and O–H groups in total. The molecule has 0 aromatic carbocycles. The summed E-state index contributed by atoms with van der Waals surface area (Å²) < 4.78 is 1.71. The van der Waals surface area contributed by atoms with Crippen LogP contribution in [0.15, 0.2) is 6.20 Å². The Kier molecular flexibility index (Phi) is 3.54. The van der Waals surface area contributed by atoms with Crippen molar-refractivity contribution in [2.24, 2.45) is 5.73 Å². The third-order valence-corrected chi connectivity index (χ3v) is 3.62. The zero-order valence-corrected chi connectivity index (χ0v) is 10.9. The van der Waals surface area contributed by atoms with E-state index in [0.29, 0.717) is 30.5 Å². The molecule has 1 fully saturated rings. The molecule has 0 bridgehead atoms. The predicted octanol–water partition coefficient (Wildman–Crippen LogP) is 1.07. The van der Waals surface area contributed by atoms with E-state index < -0.39 is 0 Å². The van der Waals surface area contributed by atoms with Crippen molar-refractivity contribution < 1.29 is 0 Å². The molecule has 0 aliphatic heterocycles. The van der Waals surface area contributed by atoms with Crippen LogP contribution in [0, 0.1) is 0 Å². The topological polar surface area (TPSA) is 98.3 Å².